The fourth-order valence-electron chi connectivity index (χ4n) is 1.56. The van der Waals surface area contributed by atoms with Gasteiger partial charge in [0.15, 0.2) is 5.76 Å². The first-order valence-corrected chi connectivity index (χ1v) is 5.83. The smallest absolute Gasteiger partial charge is 0.199 e. The van der Waals surface area contributed by atoms with Gasteiger partial charge in [0, 0.05) is 9.72 Å². The Morgan fingerprint density at radius 1 is 1.31 bits per heavy atom. The van der Waals surface area contributed by atoms with E-state index < -0.39 is 0 Å². The minimum Gasteiger partial charge on any atom is -0.394 e. The van der Waals surface area contributed by atoms with E-state index in [0.29, 0.717) is 11.4 Å². The van der Waals surface area contributed by atoms with Crippen LogP contribution in [-0.4, -0.2) is 5.16 Å². The summed E-state index contributed by atoms with van der Waals surface area (Å²) >= 11 is 7.53. The van der Waals surface area contributed by atoms with Crippen molar-refractivity contribution in [3.8, 4) is 10.6 Å². The van der Waals surface area contributed by atoms with E-state index in [1.807, 2.05) is 24.3 Å². The normalized spacial score (nSPS) is 11.1. The van der Waals surface area contributed by atoms with Crippen molar-refractivity contribution < 1.29 is 4.52 Å². The maximum atomic E-state index is 5.93. The summed E-state index contributed by atoms with van der Waals surface area (Å²) in [4.78, 5) is 0.965. The largest absolute Gasteiger partial charge is 0.394 e. The van der Waals surface area contributed by atoms with Crippen LogP contribution in [0.5, 0.6) is 0 Å². The van der Waals surface area contributed by atoms with Crippen molar-refractivity contribution in [2.24, 2.45) is 0 Å². The number of hydrogen-bond acceptors (Lipinski definition) is 4. The number of nitrogen functional groups attached to an aromatic ring is 1. The van der Waals surface area contributed by atoms with Crippen LogP contribution in [0.2, 0.25) is 5.02 Å². The van der Waals surface area contributed by atoms with Crippen LogP contribution in [0.4, 0.5) is 5.69 Å². The lowest BCUT2D eigenvalue weighted by Crippen LogP contribution is -1.81. The van der Waals surface area contributed by atoms with Crippen molar-refractivity contribution in [1.82, 2.24) is 5.16 Å². The molecule has 0 radical (unpaired) electrons. The van der Waals surface area contributed by atoms with Gasteiger partial charge in [-0.15, -0.1) is 11.3 Å². The van der Waals surface area contributed by atoms with Gasteiger partial charge in [-0.05, 0) is 29.7 Å². The highest BCUT2D eigenvalue weighted by Crippen LogP contribution is 2.36. The lowest BCUT2D eigenvalue weighted by molar-refractivity contribution is 0.433. The zero-order valence-corrected chi connectivity index (χ0v) is 9.68. The summed E-state index contributed by atoms with van der Waals surface area (Å²) in [6.45, 7) is 0. The highest BCUT2D eigenvalue weighted by Gasteiger charge is 2.11. The standard InChI is InChI=1S/C11H7ClN2OS/c12-7-1-2-9-6(3-7)4-10(16-9)11-8(13)5-14-15-11/h1-5H,13H2. The van der Waals surface area contributed by atoms with Crippen molar-refractivity contribution in [2.75, 3.05) is 5.73 Å². The Morgan fingerprint density at radius 2 is 2.19 bits per heavy atom. The van der Waals surface area contributed by atoms with Crippen LogP contribution < -0.4 is 5.73 Å². The summed E-state index contributed by atoms with van der Waals surface area (Å²) in [5, 5.41) is 5.48. The molecule has 0 spiro atoms. The van der Waals surface area contributed by atoms with Crippen molar-refractivity contribution in [2.45, 2.75) is 0 Å². The molecule has 1 aromatic carbocycles. The van der Waals surface area contributed by atoms with Crippen LogP contribution in [0, 0.1) is 0 Å². The van der Waals surface area contributed by atoms with Crippen molar-refractivity contribution in [3.63, 3.8) is 0 Å². The molecule has 0 unspecified atom stereocenters. The molecular formula is C11H7ClN2OS. The number of nitrogens with zero attached hydrogens (tertiary/aromatic N) is 1. The van der Waals surface area contributed by atoms with E-state index in [-0.39, 0.29) is 0 Å². The molecule has 3 rings (SSSR count). The first-order valence-electron chi connectivity index (χ1n) is 4.63. The minimum absolute atomic E-state index is 0.553. The molecule has 0 aliphatic heterocycles. The second-order valence-corrected chi connectivity index (χ2v) is 4.92. The molecule has 3 aromatic rings. The van der Waals surface area contributed by atoms with Gasteiger partial charge in [0.25, 0.3) is 0 Å². The van der Waals surface area contributed by atoms with Crippen LogP contribution >= 0.6 is 22.9 Å². The molecule has 0 atom stereocenters. The van der Waals surface area contributed by atoms with Gasteiger partial charge in [0.1, 0.15) is 5.69 Å². The number of halogens is 1. The Labute approximate surface area is 100 Å². The fourth-order valence-corrected chi connectivity index (χ4v) is 2.78. The lowest BCUT2D eigenvalue weighted by atomic mass is 10.2. The summed E-state index contributed by atoms with van der Waals surface area (Å²) in [5.74, 6) is 0.623. The molecule has 0 saturated heterocycles. The first-order chi connectivity index (χ1) is 7.74. The summed E-state index contributed by atoms with van der Waals surface area (Å²) in [7, 11) is 0. The van der Waals surface area contributed by atoms with Crippen molar-refractivity contribution >= 4 is 38.7 Å². The second kappa shape index (κ2) is 3.50. The predicted octanol–water partition coefficient (Wildman–Crippen LogP) is 3.79. The van der Waals surface area contributed by atoms with Gasteiger partial charge in [-0.2, -0.15) is 0 Å². The quantitative estimate of drug-likeness (QED) is 0.715. The zero-order valence-electron chi connectivity index (χ0n) is 8.11. The van der Waals surface area contributed by atoms with Gasteiger partial charge in [0.2, 0.25) is 0 Å². The molecule has 0 fully saturated rings. The third-order valence-corrected chi connectivity index (χ3v) is 3.65. The highest BCUT2D eigenvalue weighted by atomic mass is 35.5. The van der Waals surface area contributed by atoms with E-state index in [1.165, 1.54) is 6.20 Å². The second-order valence-electron chi connectivity index (χ2n) is 3.40. The molecule has 0 aliphatic rings. The number of hydrogen-bond donors (Lipinski definition) is 1. The van der Waals surface area contributed by atoms with E-state index in [2.05, 4.69) is 5.16 Å². The molecule has 0 amide bonds. The van der Waals surface area contributed by atoms with Gasteiger partial charge < -0.3 is 10.3 Å². The Kier molecular flexibility index (Phi) is 2.12. The van der Waals surface area contributed by atoms with E-state index in [4.69, 9.17) is 21.9 Å². The summed E-state index contributed by atoms with van der Waals surface area (Å²) in [6.07, 6.45) is 1.51. The third kappa shape index (κ3) is 1.47. The summed E-state index contributed by atoms with van der Waals surface area (Å²) in [6, 6.07) is 7.78. The Hall–Kier alpha value is -1.52. The molecule has 2 aromatic heterocycles. The molecular weight excluding hydrogens is 244 g/mol. The number of benzene rings is 1. The average molecular weight is 251 g/mol. The van der Waals surface area contributed by atoms with Crippen molar-refractivity contribution in [1.29, 1.82) is 0 Å². The SMILES string of the molecule is Nc1cnoc1-c1cc2cc(Cl)ccc2s1. The zero-order chi connectivity index (χ0) is 11.1. The van der Waals surface area contributed by atoms with Gasteiger partial charge in [0.05, 0.1) is 11.1 Å². The molecule has 80 valence electrons. The maximum Gasteiger partial charge on any atom is 0.199 e. The van der Waals surface area contributed by atoms with E-state index >= 15 is 0 Å². The predicted molar refractivity (Wildman–Crippen MR) is 66.7 cm³/mol. The van der Waals surface area contributed by atoms with Crippen LogP contribution in [0.15, 0.2) is 35.0 Å². The fraction of sp³-hybridized carbons (Fsp3) is 0. The number of anilines is 1. The van der Waals surface area contributed by atoms with Gasteiger partial charge in [-0.1, -0.05) is 16.8 Å². The molecule has 2 N–H and O–H groups in total. The molecule has 0 aliphatic carbocycles. The van der Waals surface area contributed by atoms with Crippen LogP contribution in [0.25, 0.3) is 20.7 Å². The van der Waals surface area contributed by atoms with Gasteiger partial charge >= 0.3 is 0 Å². The maximum absolute atomic E-state index is 5.93. The Balaban J connectivity index is 2.23. The van der Waals surface area contributed by atoms with E-state index in [1.54, 1.807) is 11.3 Å². The molecule has 5 heteroatoms. The van der Waals surface area contributed by atoms with Gasteiger partial charge in [-0.3, -0.25) is 0 Å². The number of nitrogens with two attached hydrogens (primary N) is 1. The molecule has 16 heavy (non-hydrogen) atoms. The molecule has 2 heterocycles. The topological polar surface area (TPSA) is 52.0 Å². The van der Waals surface area contributed by atoms with Gasteiger partial charge in [-0.25, -0.2) is 0 Å². The Morgan fingerprint density at radius 3 is 2.94 bits per heavy atom. The first kappa shape index (κ1) is 9.69. The van der Waals surface area contributed by atoms with E-state index in [0.717, 1.165) is 20.0 Å². The summed E-state index contributed by atoms with van der Waals surface area (Å²) < 4.78 is 6.26. The number of rotatable bonds is 1. The highest BCUT2D eigenvalue weighted by molar-refractivity contribution is 7.22. The molecule has 3 nitrogen and oxygen atoms in total. The van der Waals surface area contributed by atoms with Crippen LogP contribution in [0.3, 0.4) is 0 Å². The monoisotopic (exact) mass is 250 g/mol. The Bertz CT molecular complexity index is 659. The number of fused-ring (bicyclic) bond motifs is 1. The average Bonchev–Trinajstić information content (AvgIpc) is 2.82. The van der Waals surface area contributed by atoms with Crippen LogP contribution in [0.1, 0.15) is 0 Å². The van der Waals surface area contributed by atoms with E-state index in [9.17, 15) is 0 Å². The number of aromatic nitrogens is 1. The van der Waals surface area contributed by atoms with Crippen LogP contribution in [-0.2, 0) is 0 Å². The molecule has 0 bridgehead atoms. The molecule has 0 saturated carbocycles. The summed E-state index contributed by atoms with van der Waals surface area (Å²) in [5.41, 5.74) is 6.30. The van der Waals surface area contributed by atoms with Crippen molar-refractivity contribution in [3.05, 3.63) is 35.5 Å². The number of thiophene rings is 1. The minimum atomic E-state index is 0.553. The lowest BCUT2D eigenvalue weighted by Gasteiger charge is -1.88. The third-order valence-electron chi connectivity index (χ3n) is 2.30.